The van der Waals surface area contributed by atoms with E-state index >= 15 is 0 Å². The third-order valence-corrected chi connectivity index (χ3v) is 2.47. The number of rotatable bonds is 3. The number of thiocarbonyl (C=S) groups is 1. The predicted molar refractivity (Wildman–Crippen MR) is 68.3 cm³/mol. The lowest BCUT2D eigenvalue weighted by Crippen LogP contribution is -2.24. The number of ether oxygens (including phenoxy) is 1. The molecule has 104 valence electrons. The molecule has 0 saturated heterocycles. The average Bonchev–Trinajstić information content (AvgIpc) is 2.25. The largest absolute Gasteiger partial charge is 0.573 e. The molecule has 1 aromatic carbocycles. The Hall–Kier alpha value is -1.42. The molecule has 0 aliphatic carbocycles. The van der Waals surface area contributed by atoms with E-state index in [9.17, 15) is 17.6 Å². The minimum absolute atomic E-state index is 0.171. The van der Waals surface area contributed by atoms with E-state index in [1.54, 1.807) is 0 Å². The predicted octanol–water partition coefficient (Wildman–Crippen LogP) is 2.65. The van der Waals surface area contributed by atoms with Gasteiger partial charge in [-0.1, -0.05) is 15.9 Å². The van der Waals surface area contributed by atoms with Crippen LogP contribution in [-0.4, -0.2) is 17.7 Å². The average molecular weight is 360 g/mol. The van der Waals surface area contributed by atoms with Crippen LogP contribution < -0.4 is 15.9 Å². The smallest absolute Gasteiger partial charge is 0.403 e. The third kappa shape index (κ3) is 4.99. The molecule has 0 fully saturated rings. The van der Waals surface area contributed by atoms with E-state index in [2.05, 4.69) is 43.4 Å². The Morgan fingerprint density at radius 1 is 1.47 bits per heavy atom. The number of benzene rings is 1. The summed E-state index contributed by atoms with van der Waals surface area (Å²) in [7, 11) is 0. The molecule has 0 radical (unpaired) electrons. The maximum Gasteiger partial charge on any atom is 0.573 e. The fraction of sp³-hybridized carbons (Fsp3) is 0.111. The molecule has 0 atom stereocenters. The number of nitrogens with two attached hydrogens (primary N) is 1. The SMILES string of the molecule is NC(=S)NN=Cc1c(Br)ccc(OC(F)(F)F)c1F. The van der Waals surface area contributed by atoms with Crippen molar-refractivity contribution in [3.05, 3.63) is 28.0 Å². The Morgan fingerprint density at radius 3 is 2.63 bits per heavy atom. The molecule has 0 aromatic heterocycles. The van der Waals surface area contributed by atoms with Crippen LogP contribution in [0.2, 0.25) is 0 Å². The van der Waals surface area contributed by atoms with Gasteiger partial charge in [-0.3, -0.25) is 5.43 Å². The zero-order valence-corrected chi connectivity index (χ0v) is 11.4. The van der Waals surface area contributed by atoms with Crippen molar-refractivity contribution in [1.82, 2.24) is 5.43 Å². The van der Waals surface area contributed by atoms with Gasteiger partial charge in [-0.15, -0.1) is 13.2 Å². The van der Waals surface area contributed by atoms with Crippen molar-refractivity contribution >= 4 is 39.5 Å². The van der Waals surface area contributed by atoms with Gasteiger partial charge >= 0.3 is 6.36 Å². The molecule has 0 amide bonds. The number of hydrogen-bond acceptors (Lipinski definition) is 3. The maximum atomic E-state index is 13.8. The first-order valence-corrected chi connectivity index (χ1v) is 5.73. The number of hydrazone groups is 1. The highest BCUT2D eigenvalue weighted by Crippen LogP contribution is 2.30. The highest BCUT2D eigenvalue weighted by Gasteiger charge is 2.33. The van der Waals surface area contributed by atoms with Gasteiger partial charge in [0.15, 0.2) is 16.7 Å². The fourth-order valence-electron chi connectivity index (χ4n) is 1.03. The Bertz CT molecular complexity index is 521. The zero-order valence-electron chi connectivity index (χ0n) is 8.96. The summed E-state index contributed by atoms with van der Waals surface area (Å²) in [5.41, 5.74) is 6.97. The lowest BCUT2D eigenvalue weighted by molar-refractivity contribution is -0.275. The normalized spacial score (nSPS) is 11.6. The molecule has 0 bridgehead atoms. The summed E-state index contributed by atoms with van der Waals surface area (Å²) in [5.74, 6) is -2.19. The number of halogens is 5. The first-order valence-electron chi connectivity index (χ1n) is 4.53. The van der Waals surface area contributed by atoms with Crippen molar-refractivity contribution in [1.29, 1.82) is 0 Å². The van der Waals surface area contributed by atoms with Crippen molar-refractivity contribution in [2.75, 3.05) is 0 Å². The van der Waals surface area contributed by atoms with Crippen molar-refractivity contribution in [3.8, 4) is 5.75 Å². The minimum atomic E-state index is -4.99. The highest BCUT2D eigenvalue weighted by molar-refractivity contribution is 9.10. The summed E-state index contributed by atoms with van der Waals surface area (Å²) in [6.07, 6.45) is -4.07. The lowest BCUT2D eigenvalue weighted by atomic mass is 10.2. The number of alkyl halides is 3. The molecule has 3 N–H and O–H groups in total. The van der Waals surface area contributed by atoms with Crippen LogP contribution in [0.25, 0.3) is 0 Å². The molecular formula is C9H6BrF4N3OS. The molecule has 1 rings (SSSR count). The quantitative estimate of drug-likeness (QED) is 0.377. The van der Waals surface area contributed by atoms with Crippen LogP contribution in [0.15, 0.2) is 21.7 Å². The van der Waals surface area contributed by atoms with Crippen molar-refractivity contribution in [2.24, 2.45) is 10.8 Å². The van der Waals surface area contributed by atoms with E-state index in [4.69, 9.17) is 5.73 Å². The Morgan fingerprint density at radius 2 is 2.11 bits per heavy atom. The Labute approximate surface area is 118 Å². The van der Waals surface area contributed by atoms with Crippen LogP contribution in [0.4, 0.5) is 17.6 Å². The summed E-state index contributed by atoms with van der Waals surface area (Å²) in [6.45, 7) is 0. The molecule has 0 aliphatic rings. The van der Waals surface area contributed by atoms with Crippen LogP contribution in [0.3, 0.4) is 0 Å². The summed E-state index contributed by atoms with van der Waals surface area (Å²) in [5, 5.41) is 3.28. The summed E-state index contributed by atoms with van der Waals surface area (Å²) in [4.78, 5) is 0. The molecule has 1 aromatic rings. The summed E-state index contributed by atoms with van der Waals surface area (Å²) >= 11 is 7.42. The second-order valence-corrected chi connectivity index (χ2v) is 4.35. The highest BCUT2D eigenvalue weighted by atomic mass is 79.9. The molecule has 10 heteroatoms. The number of hydrogen-bond donors (Lipinski definition) is 2. The van der Waals surface area contributed by atoms with E-state index < -0.39 is 17.9 Å². The number of nitrogens with one attached hydrogen (secondary N) is 1. The molecule has 0 spiro atoms. The van der Waals surface area contributed by atoms with Gasteiger partial charge in [0, 0.05) is 10.0 Å². The van der Waals surface area contributed by atoms with Crippen LogP contribution in [0.1, 0.15) is 5.56 Å². The monoisotopic (exact) mass is 359 g/mol. The molecule has 0 saturated carbocycles. The third-order valence-electron chi connectivity index (χ3n) is 1.69. The van der Waals surface area contributed by atoms with Crippen molar-refractivity contribution in [3.63, 3.8) is 0 Å². The minimum Gasteiger partial charge on any atom is -0.403 e. The first kappa shape index (κ1) is 15.6. The number of nitrogens with zero attached hydrogens (tertiary/aromatic N) is 1. The molecule has 4 nitrogen and oxygen atoms in total. The van der Waals surface area contributed by atoms with Gasteiger partial charge in [-0.2, -0.15) is 5.10 Å². The summed E-state index contributed by atoms with van der Waals surface area (Å²) < 4.78 is 53.6. The van der Waals surface area contributed by atoms with Gasteiger partial charge < -0.3 is 10.5 Å². The first-order chi connectivity index (χ1) is 8.70. The Kier molecular flexibility index (Phi) is 5.06. The second-order valence-electron chi connectivity index (χ2n) is 3.06. The van der Waals surface area contributed by atoms with E-state index in [0.29, 0.717) is 0 Å². The van der Waals surface area contributed by atoms with Crippen molar-refractivity contribution < 1.29 is 22.3 Å². The van der Waals surface area contributed by atoms with Crippen LogP contribution in [0.5, 0.6) is 5.75 Å². The second kappa shape index (κ2) is 6.15. The van der Waals surface area contributed by atoms with Gasteiger partial charge in [0.2, 0.25) is 0 Å². The maximum absolute atomic E-state index is 13.8. The topological polar surface area (TPSA) is 59.6 Å². The van der Waals surface area contributed by atoms with E-state index in [-0.39, 0.29) is 15.1 Å². The molecule has 19 heavy (non-hydrogen) atoms. The standard InChI is InChI=1S/C9H6BrF4N3OS/c10-5-1-2-6(18-9(12,13)14)7(11)4(5)3-16-17-8(15)19/h1-3H,(H3,15,17,19). The lowest BCUT2D eigenvalue weighted by Gasteiger charge is -2.11. The van der Waals surface area contributed by atoms with Crippen LogP contribution >= 0.6 is 28.1 Å². The van der Waals surface area contributed by atoms with Gasteiger partial charge in [-0.05, 0) is 24.4 Å². The molecule has 0 unspecified atom stereocenters. The summed E-state index contributed by atoms with van der Waals surface area (Å²) in [6, 6.07) is 2.03. The van der Waals surface area contributed by atoms with Gasteiger partial charge in [0.1, 0.15) is 0 Å². The zero-order chi connectivity index (χ0) is 14.6. The van der Waals surface area contributed by atoms with Gasteiger partial charge in [0.25, 0.3) is 0 Å². The molecule has 0 heterocycles. The van der Waals surface area contributed by atoms with Gasteiger partial charge in [0.05, 0.1) is 6.21 Å². The molecule has 0 aliphatic heterocycles. The van der Waals surface area contributed by atoms with Crippen LogP contribution in [-0.2, 0) is 0 Å². The Balaban J connectivity index is 3.07. The van der Waals surface area contributed by atoms with E-state index in [1.807, 2.05) is 0 Å². The molecular weight excluding hydrogens is 354 g/mol. The van der Waals surface area contributed by atoms with E-state index in [1.165, 1.54) is 6.07 Å². The van der Waals surface area contributed by atoms with E-state index in [0.717, 1.165) is 12.3 Å². The van der Waals surface area contributed by atoms with Crippen molar-refractivity contribution in [2.45, 2.75) is 6.36 Å². The fourth-order valence-corrected chi connectivity index (χ4v) is 1.49. The van der Waals surface area contributed by atoms with Gasteiger partial charge in [-0.25, -0.2) is 4.39 Å². The van der Waals surface area contributed by atoms with Crippen LogP contribution in [0, 0.1) is 5.82 Å².